The standard InChI is InChI=1S/C22H20FNO2/c1-16(26-20-13-11-19(23)12-14-20)22(25)24-21-10-6-5-9-18(21)15-17-7-3-2-4-8-17/h2-14,16H,15H2,1H3,(H,24,25). The maximum Gasteiger partial charge on any atom is 0.265 e. The summed E-state index contributed by atoms with van der Waals surface area (Å²) in [7, 11) is 0. The first-order valence-corrected chi connectivity index (χ1v) is 8.47. The molecule has 3 aromatic rings. The summed E-state index contributed by atoms with van der Waals surface area (Å²) in [6, 6.07) is 23.4. The van der Waals surface area contributed by atoms with Crippen molar-refractivity contribution in [2.45, 2.75) is 19.4 Å². The minimum Gasteiger partial charge on any atom is -0.481 e. The van der Waals surface area contributed by atoms with Gasteiger partial charge in [0.05, 0.1) is 0 Å². The molecule has 0 aromatic heterocycles. The van der Waals surface area contributed by atoms with Crippen molar-refractivity contribution in [3.8, 4) is 5.75 Å². The van der Waals surface area contributed by atoms with E-state index in [1.54, 1.807) is 6.92 Å². The van der Waals surface area contributed by atoms with E-state index in [0.29, 0.717) is 5.75 Å². The number of carbonyl (C=O) groups is 1. The second-order valence-corrected chi connectivity index (χ2v) is 6.02. The van der Waals surface area contributed by atoms with Crippen LogP contribution in [0.15, 0.2) is 78.9 Å². The number of anilines is 1. The Labute approximate surface area is 152 Å². The van der Waals surface area contributed by atoms with Gasteiger partial charge in [-0.3, -0.25) is 4.79 Å². The van der Waals surface area contributed by atoms with Gasteiger partial charge in [-0.05, 0) is 54.8 Å². The molecule has 0 heterocycles. The maximum atomic E-state index is 13.0. The monoisotopic (exact) mass is 349 g/mol. The zero-order valence-corrected chi connectivity index (χ0v) is 14.5. The summed E-state index contributed by atoms with van der Waals surface area (Å²) >= 11 is 0. The van der Waals surface area contributed by atoms with Gasteiger partial charge in [0, 0.05) is 5.69 Å². The van der Waals surface area contributed by atoms with Crippen molar-refractivity contribution in [1.29, 1.82) is 0 Å². The predicted octanol–water partition coefficient (Wildman–Crippen LogP) is 4.82. The molecule has 0 spiro atoms. The van der Waals surface area contributed by atoms with Crippen molar-refractivity contribution in [2.24, 2.45) is 0 Å². The molecule has 26 heavy (non-hydrogen) atoms. The SMILES string of the molecule is CC(Oc1ccc(F)cc1)C(=O)Nc1ccccc1Cc1ccccc1. The van der Waals surface area contributed by atoms with Crippen LogP contribution >= 0.6 is 0 Å². The minimum atomic E-state index is -0.703. The maximum absolute atomic E-state index is 13.0. The van der Waals surface area contributed by atoms with Crippen molar-refractivity contribution >= 4 is 11.6 Å². The third-order valence-electron chi connectivity index (χ3n) is 4.01. The van der Waals surface area contributed by atoms with Crippen LogP contribution in [0.25, 0.3) is 0 Å². The molecule has 4 heteroatoms. The number of halogens is 1. The molecule has 3 rings (SSSR count). The molecule has 0 radical (unpaired) electrons. The van der Waals surface area contributed by atoms with Crippen LogP contribution in [0.2, 0.25) is 0 Å². The topological polar surface area (TPSA) is 38.3 Å². The van der Waals surface area contributed by atoms with Gasteiger partial charge in [-0.15, -0.1) is 0 Å². The average Bonchev–Trinajstić information content (AvgIpc) is 2.66. The second-order valence-electron chi connectivity index (χ2n) is 6.02. The summed E-state index contributed by atoms with van der Waals surface area (Å²) in [5, 5.41) is 2.92. The van der Waals surface area contributed by atoms with Gasteiger partial charge in [-0.1, -0.05) is 48.5 Å². The third kappa shape index (κ3) is 4.70. The van der Waals surface area contributed by atoms with Crippen LogP contribution in [0.1, 0.15) is 18.1 Å². The first kappa shape index (κ1) is 17.7. The zero-order chi connectivity index (χ0) is 18.4. The molecule has 0 bridgehead atoms. The highest BCUT2D eigenvalue weighted by molar-refractivity contribution is 5.94. The van der Waals surface area contributed by atoms with E-state index in [9.17, 15) is 9.18 Å². The first-order valence-electron chi connectivity index (χ1n) is 8.47. The van der Waals surface area contributed by atoms with E-state index in [1.807, 2.05) is 42.5 Å². The molecule has 1 amide bonds. The van der Waals surface area contributed by atoms with Gasteiger partial charge in [-0.25, -0.2) is 4.39 Å². The Kier molecular flexibility index (Phi) is 5.64. The first-order chi connectivity index (χ1) is 12.6. The summed E-state index contributed by atoms with van der Waals surface area (Å²) in [5.74, 6) is -0.147. The zero-order valence-electron chi connectivity index (χ0n) is 14.5. The number of rotatable bonds is 6. The lowest BCUT2D eigenvalue weighted by Gasteiger charge is -2.16. The van der Waals surface area contributed by atoms with Gasteiger partial charge in [-0.2, -0.15) is 0 Å². The van der Waals surface area contributed by atoms with Gasteiger partial charge in [0.25, 0.3) is 5.91 Å². The summed E-state index contributed by atoms with van der Waals surface area (Å²) in [6.07, 6.45) is 0.0232. The quantitative estimate of drug-likeness (QED) is 0.693. The van der Waals surface area contributed by atoms with Crippen molar-refractivity contribution in [3.05, 3.63) is 95.8 Å². The number of hydrogen-bond acceptors (Lipinski definition) is 2. The molecule has 3 aromatic carbocycles. The van der Waals surface area contributed by atoms with E-state index in [-0.39, 0.29) is 11.7 Å². The third-order valence-corrected chi connectivity index (χ3v) is 4.01. The molecule has 0 aliphatic carbocycles. The van der Waals surface area contributed by atoms with E-state index in [0.717, 1.165) is 17.7 Å². The van der Waals surface area contributed by atoms with Crippen molar-refractivity contribution in [3.63, 3.8) is 0 Å². The lowest BCUT2D eigenvalue weighted by molar-refractivity contribution is -0.122. The summed E-state index contributed by atoms with van der Waals surface area (Å²) in [6.45, 7) is 1.67. The largest absolute Gasteiger partial charge is 0.481 e. The van der Waals surface area contributed by atoms with Crippen LogP contribution in [0.5, 0.6) is 5.75 Å². The summed E-state index contributed by atoms with van der Waals surface area (Å²) in [5.41, 5.74) is 2.96. The molecule has 0 aliphatic heterocycles. The molecule has 0 saturated heterocycles. The fraction of sp³-hybridized carbons (Fsp3) is 0.136. The average molecular weight is 349 g/mol. The summed E-state index contributed by atoms with van der Waals surface area (Å²) < 4.78 is 18.5. The van der Waals surface area contributed by atoms with Crippen LogP contribution in [0.4, 0.5) is 10.1 Å². The van der Waals surface area contributed by atoms with E-state index < -0.39 is 6.10 Å². The molecule has 3 nitrogen and oxygen atoms in total. The Hall–Kier alpha value is -3.14. The molecule has 1 N–H and O–H groups in total. The number of benzene rings is 3. The Morgan fingerprint density at radius 3 is 2.35 bits per heavy atom. The highest BCUT2D eigenvalue weighted by Gasteiger charge is 2.16. The minimum absolute atomic E-state index is 0.255. The van der Waals surface area contributed by atoms with Crippen LogP contribution in [0, 0.1) is 5.82 Å². The summed E-state index contributed by atoms with van der Waals surface area (Å²) in [4.78, 5) is 12.5. The van der Waals surface area contributed by atoms with Crippen LogP contribution < -0.4 is 10.1 Å². The smallest absolute Gasteiger partial charge is 0.265 e. The fourth-order valence-corrected chi connectivity index (χ4v) is 2.62. The van der Waals surface area contributed by atoms with E-state index >= 15 is 0 Å². The van der Waals surface area contributed by atoms with Gasteiger partial charge in [0.2, 0.25) is 0 Å². The Bertz CT molecular complexity index is 863. The fourth-order valence-electron chi connectivity index (χ4n) is 2.62. The highest BCUT2D eigenvalue weighted by atomic mass is 19.1. The normalized spacial score (nSPS) is 11.6. The molecule has 1 unspecified atom stereocenters. The van der Waals surface area contributed by atoms with Crippen LogP contribution in [-0.2, 0) is 11.2 Å². The Balaban J connectivity index is 1.68. The number of amides is 1. The van der Waals surface area contributed by atoms with Gasteiger partial charge >= 0.3 is 0 Å². The van der Waals surface area contributed by atoms with Crippen molar-refractivity contribution in [1.82, 2.24) is 0 Å². The molecular formula is C22H20FNO2. The van der Waals surface area contributed by atoms with E-state index in [1.165, 1.54) is 29.8 Å². The second kappa shape index (κ2) is 8.30. The van der Waals surface area contributed by atoms with Crippen molar-refractivity contribution < 1.29 is 13.9 Å². The van der Waals surface area contributed by atoms with Crippen molar-refractivity contribution in [2.75, 3.05) is 5.32 Å². The number of nitrogens with one attached hydrogen (secondary N) is 1. The number of hydrogen-bond donors (Lipinski definition) is 1. The molecule has 0 saturated carbocycles. The number of para-hydroxylation sites is 1. The predicted molar refractivity (Wildman–Crippen MR) is 101 cm³/mol. The molecule has 0 fully saturated rings. The molecule has 1 atom stereocenters. The number of ether oxygens (including phenoxy) is 1. The molecule has 132 valence electrons. The highest BCUT2D eigenvalue weighted by Crippen LogP contribution is 2.20. The van der Waals surface area contributed by atoms with E-state index in [2.05, 4.69) is 17.4 Å². The van der Waals surface area contributed by atoms with Gasteiger partial charge in [0.1, 0.15) is 11.6 Å². The van der Waals surface area contributed by atoms with E-state index in [4.69, 9.17) is 4.74 Å². The molecular weight excluding hydrogens is 329 g/mol. The Morgan fingerprint density at radius 1 is 0.962 bits per heavy atom. The lowest BCUT2D eigenvalue weighted by Crippen LogP contribution is -2.30. The van der Waals surface area contributed by atoms with Gasteiger partial charge in [0.15, 0.2) is 6.10 Å². The Morgan fingerprint density at radius 2 is 1.62 bits per heavy atom. The lowest BCUT2D eigenvalue weighted by atomic mass is 10.0. The van der Waals surface area contributed by atoms with Crippen LogP contribution in [-0.4, -0.2) is 12.0 Å². The molecule has 0 aliphatic rings. The van der Waals surface area contributed by atoms with Gasteiger partial charge < -0.3 is 10.1 Å². The van der Waals surface area contributed by atoms with Crippen LogP contribution in [0.3, 0.4) is 0 Å². The number of carbonyl (C=O) groups excluding carboxylic acids is 1.